The molecule has 5 nitrogen and oxygen atoms in total. The van der Waals surface area contributed by atoms with Gasteiger partial charge in [0.2, 0.25) is 5.69 Å². The number of nitrogens with zero attached hydrogens (tertiary/aromatic N) is 3. The Labute approximate surface area is 141 Å². The molecule has 0 aliphatic carbocycles. The molecule has 0 aliphatic heterocycles. The van der Waals surface area contributed by atoms with E-state index in [0.717, 1.165) is 22.3 Å². The molecule has 0 fully saturated rings. The van der Waals surface area contributed by atoms with Crippen LogP contribution in [0.3, 0.4) is 0 Å². The van der Waals surface area contributed by atoms with E-state index in [1.807, 2.05) is 18.2 Å². The van der Waals surface area contributed by atoms with Crippen LogP contribution in [0, 0.1) is 10.6 Å². The number of hydrogen-bond donors (Lipinski definition) is 1. The minimum atomic E-state index is 0.118. The van der Waals surface area contributed by atoms with Crippen LogP contribution in [0.5, 0.6) is 0 Å². The number of aromatic nitrogens is 2. The molecule has 0 unspecified atom stereocenters. The van der Waals surface area contributed by atoms with Gasteiger partial charge in [0.1, 0.15) is 12.2 Å². The summed E-state index contributed by atoms with van der Waals surface area (Å²) in [5, 5.41) is 22.0. The fraction of sp³-hybridized carbons (Fsp3) is 0.263. The first-order valence-electron chi connectivity index (χ1n) is 7.84. The van der Waals surface area contributed by atoms with Gasteiger partial charge in [0.15, 0.2) is 5.82 Å². The third kappa shape index (κ3) is 2.97. The van der Waals surface area contributed by atoms with Gasteiger partial charge in [-0.2, -0.15) is 9.47 Å². The van der Waals surface area contributed by atoms with Crippen LogP contribution < -0.4 is 0 Å². The molecule has 0 atom stereocenters. The van der Waals surface area contributed by atoms with E-state index in [1.165, 1.54) is 0 Å². The third-order valence-electron chi connectivity index (χ3n) is 3.88. The van der Waals surface area contributed by atoms with Gasteiger partial charge >= 0.3 is 0 Å². The second-order valence-electron chi connectivity index (χ2n) is 7.19. The van der Waals surface area contributed by atoms with E-state index in [1.54, 1.807) is 18.2 Å². The molecular weight excluding hydrogens is 302 g/mol. The molecule has 0 amide bonds. The summed E-state index contributed by atoms with van der Waals surface area (Å²) in [5.74, 6) is 0.475. The van der Waals surface area contributed by atoms with Crippen LogP contribution in [0.4, 0.5) is 5.69 Å². The van der Waals surface area contributed by atoms with Gasteiger partial charge in [0.05, 0.1) is 5.52 Å². The molecular formula is C19H21N3O2. The SMILES string of the molecule is C=[N+]([O-])c1ccc2nc(-c3ccccc3CC(C)(C)C)n(O)c2c1. The molecule has 24 heavy (non-hydrogen) atoms. The van der Waals surface area contributed by atoms with Crippen molar-refractivity contribution in [2.75, 3.05) is 0 Å². The van der Waals surface area contributed by atoms with E-state index < -0.39 is 0 Å². The van der Waals surface area contributed by atoms with Crippen molar-refractivity contribution < 1.29 is 9.95 Å². The Kier molecular flexibility index (Phi) is 3.79. The lowest BCUT2D eigenvalue weighted by atomic mass is 9.86. The molecule has 0 saturated carbocycles. The summed E-state index contributed by atoms with van der Waals surface area (Å²) >= 11 is 0. The van der Waals surface area contributed by atoms with Crippen molar-refractivity contribution in [3.8, 4) is 11.4 Å². The lowest BCUT2D eigenvalue weighted by molar-refractivity contribution is -0.349. The molecule has 1 N–H and O–H groups in total. The highest BCUT2D eigenvalue weighted by Crippen LogP contribution is 2.31. The second-order valence-corrected chi connectivity index (χ2v) is 7.19. The van der Waals surface area contributed by atoms with Gasteiger partial charge in [0.25, 0.3) is 0 Å². The van der Waals surface area contributed by atoms with Crippen molar-refractivity contribution in [2.24, 2.45) is 5.41 Å². The molecule has 0 aliphatic rings. The van der Waals surface area contributed by atoms with Gasteiger partial charge in [0, 0.05) is 17.7 Å². The van der Waals surface area contributed by atoms with E-state index in [0.29, 0.717) is 27.3 Å². The topological polar surface area (TPSA) is 64.1 Å². The molecule has 3 aromatic rings. The summed E-state index contributed by atoms with van der Waals surface area (Å²) in [7, 11) is 0. The lowest BCUT2D eigenvalue weighted by Crippen LogP contribution is -2.10. The molecule has 1 aromatic heterocycles. The second kappa shape index (κ2) is 5.67. The van der Waals surface area contributed by atoms with Crippen LogP contribution in [0.2, 0.25) is 0 Å². The van der Waals surface area contributed by atoms with E-state index in [4.69, 9.17) is 0 Å². The highest BCUT2D eigenvalue weighted by molar-refractivity contribution is 5.82. The van der Waals surface area contributed by atoms with Gasteiger partial charge < -0.3 is 10.4 Å². The molecule has 0 spiro atoms. The zero-order valence-corrected chi connectivity index (χ0v) is 14.2. The van der Waals surface area contributed by atoms with E-state index in [2.05, 4.69) is 38.5 Å². The number of imidazole rings is 1. The van der Waals surface area contributed by atoms with Crippen molar-refractivity contribution in [1.82, 2.24) is 9.71 Å². The van der Waals surface area contributed by atoms with Crippen LogP contribution >= 0.6 is 0 Å². The minimum absolute atomic E-state index is 0.118. The van der Waals surface area contributed by atoms with Crippen LogP contribution in [0.15, 0.2) is 42.5 Å². The van der Waals surface area contributed by atoms with Crippen LogP contribution in [0.25, 0.3) is 22.4 Å². The monoisotopic (exact) mass is 323 g/mol. The maximum absolute atomic E-state index is 11.4. The predicted octanol–water partition coefficient (Wildman–Crippen LogP) is 4.37. The van der Waals surface area contributed by atoms with Crippen molar-refractivity contribution in [3.63, 3.8) is 0 Å². The van der Waals surface area contributed by atoms with Gasteiger partial charge in [-0.15, -0.1) is 0 Å². The smallest absolute Gasteiger partial charge is 0.218 e. The molecule has 3 rings (SSSR count). The van der Waals surface area contributed by atoms with Crippen molar-refractivity contribution >= 4 is 23.4 Å². The van der Waals surface area contributed by atoms with Crippen molar-refractivity contribution in [3.05, 3.63) is 53.2 Å². The van der Waals surface area contributed by atoms with Crippen molar-refractivity contribution in [1.29, 1.82) is 0 Å². The van der Waals surface area contributed by atoms with Crippen LogP contribution in [0.1, 0.15) is 26.3 Å². The van der Waals surface area contributed by atoms with Gasteiger partial charge in [-0.1, -0.05) is 45.0 Å². The first kappa shape index (κ1) is 16.1. The molecule has 2 aromatic carbocycles. The molecule has 124 valence electrons. The van der Waals surface area contributed by atoms with Gasteiger partial charge in [-0.05, 0) is 23.5 Å². The van der Waals surface area contributed by atoms with E-state index in [-0.39, 0.29) is 5.41 Å². The average Bonchev–Trinajstić information content (AvgIpc) is 2.83. The summed E-state index contributed by atoms with van der Waals surface area (Å²) < 4.78 is 1.56. The zero-order valence-electron chi connectivity index (χ0n) is 14.2. The molecule has 5 heteroatoms. The molecule has 0 bridgehead atoms. The Bertz CT molecular complexity index is 920. The van der Waals surface area contributed by atoms with Gasteiger partial charge in [-0.25, -0.2) is 4.98 Å². The number of hydrogen-bond acceptors (Lipinski definition) is 3. The maximum atomic E-state index is 11.4. The van der Waals surface area contributed by atoms with Crippen molar-refractivity contribution in [2.45, 2.75) is 27.2 Å². The predicted molar refractivity (Wildman–Crippen MR) is 95.9 cm³/mol. The van der Waals surface area contributed by atoms with E-state index in [9.17, 15) is 10.4 Å². The Hall–Kier alpha value is -2.82. The highest BCUT2D eigenvalue weighted by Gasteiger charge is 2.19. The summed E-state index contributed by atoms with van der Waals surface area (Å²) in [5.41, 5.74) is 3.61. The van der Waals surface area contributed by atoms with Crippen LogP contribution in [-0.4, -0.2) is 26.4 Å². The number of rotatable bonds is 3. The maximum Gasteiger partial charge on any atom is 0.218 e. The summed E-state index contributed by atoms with van der Waals surface area (Å²) in [6, 6.07) is 12.9. The first-order valence-corrected chi connectivity index (χ1v) is 7.84. The number of fused-ring (bicyclic) bond motifs is 1. The molecule has 1 heterocycles. The largest absolute Gasteiger partial charge is 0.619 e. The fourth-order valence-electron chi connectivity index (χ4n) is 2.84. The minimum Gasteiger partial charge on any atom is -0.619 e. The highest BCUT2D eigenvalue weighted by atomic mass is 16.5. The average molecular weight is 323 g/mol. The summed E-state index contributed by atoms with van der Waals surface area (Å²) in [4.78, 5) is 4.55. The van der Waals surface area contributed by atoms with E-state index >= 15 is 0 Å². The Balaban J connectivity index is 2.17. The van der Waals surface area contributed by atoms with Crippen LogP contribution in [-0.2, 0) is 6.42 Å². The quantitative estimate of drug-likeness (QED) is 0.256. The zero-order chi connectivity index (χ0) is 17.5. The Morgan fingerprint density at radius 2 is 1.92 bits per heavy atom. The molecule has 0 saturated heterocycles. The Morgan fingerprint density at radius 1 is 1.21 bits per heavy atom. The Morgan fingerprint density at radius 3 is 2.58 bits per heavy atom. The number of benzene rings is 2. The molecule has 0 radical (unpaired) electrons. The fourth-order valence-corrected chi connectivity index (χ4v) is 2.84. The normalized spacial score (nSPS) is 11.8. The summed E-state index contributed by atoms with van der Waals surface area (Å²) in [6.07, 6.45) is 0.866. The third-order valence-corrected chi connectivity index (χ3v) is 3.88. The lowest BCUT2D eigenvalue weighted by Gasteiger charge is -2.20. The standard InChI is InChI=1S/C19H21N3O2/c1-19(2,3)12-13-7-5-6-8-15(13)18-20-16-10-9-14(21(4)23)11-17(16)22(18)24/h5-11,24H,4,12H2,1-3H3. The summed E-state index contributed by atoms with van der Waals surface area (Å²) in [6.45, 7) is 9.86. The van der Waals surface area contributed by atoms with Gasteiger partial charge in [-0.3, -0.25) is 0 Å². The first-order chi connectivity index (χ1) is 11.3.